The predicted octanol–water partition coefficient (Wildman–Crippen LogP) is 3.20. The fourth-order valence-corrected chi connectivity index (χ4v) is 1.85. The lowest BCUT2D eigenvalue weighted by Gasteiger charge is -2.11. The summed E-state index contributed by atoms with van der Waals surface area (Å²) < 4.78 is 12.9. The van der Waals surface area contributed by atoms with Gasteiger partial charge in [0.1, 0.15) is 17.5 Å². The van der Waals surface area contributed by atoms with Crippen molar-refractivity contribution >= 4 is 5.82 Å². The van der Waals surface area contributed by atoms with Crippen molar-refractivity contribution in [2.45, 2.75) is 20.3 Å². The molecule has 0 fully saturated rings. The van der Waals surface area contributed by atoms with E-state index in [2.05, 4.69) is 15.3 Å². The molecule has 1 aromatic heterocycles. The van der Waals surface area contributed by atoms with Crippen molar-refractivity contribution in [2.24, 2.45) is 0 Å². The summed E-state index contributed by atoms with van der Waals surface area (Å²) >= 11 is 0. The fourth-order valence-electron chi connectivity index (χ4n) is 1.85. The van der Waals surface area contributed by atoms with Gasteiger partial charge in [-0.25, -0.2) is 14.4 Å². The van der Waals surface area contributed by atoms with Crippen LogP contribution in [0.5, 0.6) is 0 Å². The van der Waals surface area contributed by atoms with Gasteiger partial charge in [-0.05, 0) is 31.2 Å². The first kappa shape index (κ1) is 12.5. The Kier molecular flexibility index (Phi) is 3.55. The van der Waals surface area contributed by atoms with Crippen LogP contribution >= 0.6 is 0 Å². The lowest BCUT2D eigenvalue weighted by molar-refractivity contribution is 0.628. The Morgan fingerprint density at radius 3 is 2.39 bits per heavy atom. The van der Waals surface area contributed by atoms with Gasteiger partial charge in [-0.3, -0.25) is 0 Å². The molecule has 0 amide bonds. The molecule has 3 nitrogen and oxygen atoms in total. The summed E-state index contributed by atoms with van der Waals surface area (Å²) in [5, 5.41) is 3.07. The third kappa shape index (κ3) is 2.32. The van der Waals surface area contributed by atoms with Gasteiger partial charge in [0.05, 0.1) is 5.69 Å². The largest absolute Gasteiger partial charge is 0.373 e. The van der Waals surface area contributed by atoms with Crippen LogP contribution in [0.3, 0.4) is 0 Å². The van der Waals surface area contributed by atoms with Crippen LogP contribution < -0.4 is 5.32 Å². The molecule has 0 bridgehead atoms. The zero-order valence-corrected chi connectivity index (χ0v) is 10.8. The second-order valence-electron chi connectivity index (χ2n) is 4.07. The van der Waals surface area contributed by atoms with E-state index in [4.69, 9.17) is 0 Å². The lowest BCUT2D eigenvalue weighted by Crippen LogP contribution is -2.04. The highest BCUT2D eigenvalue weighted by molar-refractivity contribution is 5.68. The van der Waals surface area contributed by atoms with Crippen molar-refractivity contribution in [1.82, 2.24) is 9.97 Å². The number of hydrogen-bond donors (Lipinski definition) is 1. The van der Waals surface area contributed by atoms with Gasteiger partial charge in [0, 0.05) is 24.6 Å². The predicted molar refractivity (Wildman–Crippen MR) is 71.1 cm³/mol. The smallest absolute Gasteiger partial charge is 0.132 e. The van der Waals surface area contributed by atoms with E-state index in [1.165, 1.54) is 12.1 Å². The number of anilines is 1. The van der Waals surface area contributed by atoms with Gasteiger partial charge in [-0.15, -0.1) is 0 Å². The molecule has 2 rings (SSSR count). The van der Waals surface area contributed by atoms with E-state index in [0.717, 1.165) is 34.9 Å². The van der Waals surface area contributed by atoms with E-state index in [1.54, 1.807) is 12.1 Å². The van der Waals surface area contributed by atoms with Crippen LogP contribution in [0.25, 0.3) is 11.3 Å². The number of benzene rings is 1. The Bertz CT molecular complexity index is 550. The average Bonchev–Trinajstić information content (AvgIpc) is 2.40. The standard InChI is InChI=1S/C14H16FN3/c1-4-12-17-13(9(2)14(16-3)18-12)10-5-7-11(15)8-6-10/h5-8H,4H2,1-3H3,(H,16,17,18). The van der Waals surface area contributed by atoms with E-state index >= 15 is 0 Å². The Labute approximate surface area is 106 Å². The fraction of sp³-hybridized carbons (Fsp3) is 0.286. The zero-order chi connectivity index (χ0) is 13.1. The maximum Gasteiger partial charge on any atom is 0.132 e. The molecule has 94 valence electrons. The maximum absolute atomic E-state index is 12.9. The highest BCUT2D eigenvalue weighted by Gasteiger charge is 2.11. The summed E-state index contributed by atoms with van der Waals surface area (Å²) in [5.74, 6) is 1.36. The molecule has 0 saturated carbocycles. The normalized spacial score (nSPS) is 10.4. The summed E-state index contributed by atoms with van der Waals surface area (Å²) in [7, 11) is 1.84. The van der Waals surface area contributed by atoms with Gasteiger partial charge in [-0.2, -0.15) is 0 Å². The Balaban J connectivity index is 2.58. The van der Waals surface area contributed by atoms with Crippen LogP contribution in [0.4, 0.5) is 10.2 Å². The lowest BCUT2D eigenvalue weighted by atomic mass is 10.1. The Morgan fingerprint density at radius 1 is 1.17 bits per heavy atom. The molecule has 1 N–H and O–H groups in total. The van der Waals surface area contributed by atoms with Gasteiger partial charge in [0.2, 0.25) is 0 Å². The minimum Gasteiger partial charge on any atom is -0.373 e. The summed E-state index contributed by atoms with van der Waals surface area (Å²) in [6.07, 6.45) is 0.767. The Hall–Kier alpha value is -1.97. The minimum atomic E-state index is -0.241. The van der Waals surface area contributed by atoms with Crippen LogP contribution in [-0.4, -0.2) is 17.0 Å². The molecular formula is C14H16FN3. The quantitative estimate of drug-likeness (QED) is 0.902. The summed E-state index contributed by atoms with van der Waals surface area (Å²) in [6, 6.07) is 6.37. The highest BCUT2D eigenvalue weighted by Crippen LogP contribution is 2.25. The number of aromatic nitrogens is 2. The molecule has 0 aliphatic heterocycles. The van der Waals surface area contributed by atoms with Crippen molar-refractivity contribution in [2.75, 3.05) is 12.4 Å². The van der Waals surface area contributed by atoms with Crippen molar-refractivity contribution in [3.8, 4) is 11.3 Å². The number of aryl methyl sites for hydroxylation is 1. The number of nitrogens with zero attached hydrogens (tertiary/aromatic N) is 2. The monoisotopic (exact) mass is 245 g/mol. The molecule has 0 aliphatic carbocycles. The molecule has 0 spiro atoms. The maximum atomic E-state index is 12.9. The van der Waals surface area contributed by atoms with Crippen LogP contribution in [-0.2, 0) is 6.42 Å². The van der Waals surface area contributed by atoms with Crippen LogP contribution in [0.1, 0.15) is 18.3 Å². The molecule has 0 atom stereocenters. The third-order valence-electron chi connectivity index (χ3n) is 2.86. The van der Waals surface area contributed by atoms with Gasteiger partial charge in [0.25, 0.3) is 0 Å². The van der Waals surface area contributed by atoms with E-state index in [9.17, 15) is 4.39 Å². The number of hydrogen-bond acceptors (Lipinski definition) is 3. The summed E-state index contributed by atoms with van der Waals surface area (Å²) in [6.45, 7) is 3.97. The molecule has 1 aromatic carbocycles. The van der Waals surface area contributed by atoms with Crippen LogP contribution in [0, 0.1) is 12.7 Å². The zero-order valence-electron chi connectivity index (χ0n) is 10.8. The number of halogens is 1. The van der Waals surface area contributed by atoms with E-state index in [-0.39, 0.29) is 5.82 Å². The second kappa shape index (κ2) is 5.12. The first-order valence-corrected chi connectivity index (χ1v) is 5.97. The van der Waals surface area contributed by atoms with E-state index < -0.39 is 0 Å². The van der Waals surface area contributed by atoms with E-state index in [1.807, 2.05) is 20.9 Å². The highest BCUT2D eigenvalue weighted by atomic mass is 19.1. The minimum absolute atomic E-state index is 0.241. The average molecular weight is 245 g/mol. The van der Waals surface area contributed by atoms with Crippen molar-refractivity contribution < 1.29 is 4.39 Å². The molecule has 0 unspecified atom stereocenters. The molecule has 0 aliphatic rings. The second-order valence-corrected chi connectivity index (χ2v) is 4.07. The number of rotatable bonds is 3. The van der Waals surface area contributed by atoms with Gasteiger partial charge in [0.15, 0.2) is 0 Å². The number of nitrogens with one attached hydrogen (secondary N) is 1. The van der Waals surface area contributed by atoms with Gasteiger partial charge >= 0.3 is 0 Å². The van der Waals surface area contributed by atoms with Crippen LogP contribution in [0.2, 0.25) is 0 Å². The first-order chi connectivity index (χ1) is 8.65. The van der Waals surface area contributed by atoms with Crippen molar-refractivity contribution in [3.63, 3.8) is 0 Å². The molecule has 2 aromatic rings. The summed E-state index contributed by atoms with van der Waals surface area (Å²) in [5.41, 5.74) is 2.73. The molecule has 4 heteroatoms. The third-order valence-corrected chi connectivity index (χ3v) is 2.86. The van der Waals surface area contributed by atoms with Crippen molar-refractivity contribution in [1.29, 1.82) is 0 Å². The molecule has 1 heterocycles. The molecular weight excluding hydrogens is 229 g/mol. The van der Waals surface area contributed by atoms with Crippen molar-refractivity contribution in [3.05, 3.63) is 41.5 Å². The van der Waals surface area contributed by atoms with E-state index in [0.29, 0.717) is 0 Å². The Morgan fingerprint density at radius 2 is 1.83 bits per heavy atom. The first-order valence-electron chi connectivity index (χ1n) is 5.97. The topological polar surface area (TPSA) is 37.8 Å². The molecule has 0 radical (unpaired) electrons. The van der Waals surface area contributed by atoms with Gasteiger partial charge < -0.3 is 5.32 Å². The molecule has 18 heavy (non-hydrogen) atoms. The van der Waals surface area contributed by atoms with Crippen LogP contribution in [0.15, 0.2) is 24.3 Å². The summed E-state index contributed by atoms with van der Waals surface area (Å²) in [4.78, 5) is 8.94. The molecule has 0 saturated heterocycles. The SMILES string of the molecule is CCc1nc(NC)c(C)c(-c2ccc(F)cc2)n1. The van der Waals surface area contributed by atoms with Gasteiger partial charge in [-0.1, -0.05) is 6.92 Å².